The van der Waals surface area contributed by atoms with Gasteiger partial charge in [-0.25, -0.2) is 0 Å². The molecule has 0 fully saturated rings. The molecule has 2 heterocycles. The van der Waals surface area contributed by atoms with E-state index < -0.39 is 0 Å². The van der Waals surface area contributed by atoms with E-state index in [-0.39, 0.29) is 11.8 Å². The van der Waals surface area contributed by atoms with Crippen molar-refractivity contribution < 1.29 is 9.59 Å². The predicted octanol–water partition coefficient (Wildman–Crippen LogP) is 4.75. The molecule has 2 N–H and O–H groups in total. The second-order valence-electron chi connectivity index (χ2n) is 6.34. The Labute approximate surface area is 177 Å². The number of hydrogen-bond donors (Lipinski definition) is 2. The molecule has 2 aromatic carbocycles. The quantitative estimate of drug-likeness (QED) is 0.596. The summed E-state index contributed by atoms with van der Waals surface area (Å²) in [7, 11) is 0. The standard InChI is InChI=1S/C22H16ClN3O2S/c23-17-6-2-1-5-15(17)11-20-22(28)26-18-10-16(7-8-19(18)29-20)21(27)25-13-14-4-3-9-24-12-14/h1-12H,13H2,(H,25,27)(H,26,28)/b20-11+. The third-order valence-electron chi connectivity index (χ3n) is 4.30. The fourth-order valence-electron chi connectivity index (χ4n) is 2.82. The normalized spacial score (nSPS) is 14.2. The van der Waals surface area contributed by atoms with Gasteiger partial charge in [0.1, 0.15) is 0 Å². The van der Waals surface area contributed by atoms with Crippen molar-refractivity contribution in [2.75, 3.05) is 5.32 Å². The van der Waals surface area contributed by atoms with E-state index in [0.717, 1.165) is 16.0 Å². The summed E-state index contributed by atoms with van der Waals surface area (Å²) in [5.74, 6) is -0.441. The Bertz CT molecular complexity index is 1120. The highest BCUT2D eigenvalue weighted by Gasteiger charge is 2.22. The second kappa shape index (κ2) is 8.51. The zero-order valence-corrected chi connectivity index (χ0v) is 16.8. The van der Waals surface area contributed by atoms with E-state index >= 15 is 0 Å². The molecule has 1 aliphatic rings. The van der Waals surface area contributed by atoms with Crippen molar-refractivity contribution in [2.24, 2.45) is 0 Å². The molecule has 3 aromatic rings. The Morgan fingerprint density at radius 1 is 1.17 bits per heavy atom. The Kier molecular flexibility index (Phi) is 5.64. The summed E-state index contributed by atoms with van der Waals surface area (Å²) in [4.78, 5) is 30.4. The van der Waals surface area contributed by atoms with Crippen molar-refractivity contribution in [2.45, 2.75) is 11.4 Å². The van der Waals surface area contributed by atoms with Crippen LogP contribution in [0.25, 0.3) is 6.08 Å². The first-order valence-electron chi connectivity index (χ1n) is 8.87. The van der Waals surface area contributed by atoms with Gasteiger partial charge >= 0.3 is 0 Å². The molecule has 0 saturated heterocycles. The van der Waals surface area contributed by atoms with Gasteiger partial charge in [-0.1, -0.05) is 47.6 Å². The van der Waals surface area contributed by atoms with Crippen molar-refractivity contribution >= 4 is 46.9 Å². The van der Waals surface area contributed by atoms with E-state index in [4.69, 9.17) is 11.6 Å². The van der Waals surface area contributed by atoms with Gasteiger partial charge in [-0.2, -0.15) is 0 Å². The molecule has 0 atom stereocenters. The number of thioether (sulfide) groups is 1. The molecule has 29 heavy (non-hydrogen) atoms. The average molecular weight is 422 g/mol. The van der Waals surface area contributed by atoms with Crippen LogP contribution < -0.4 is 10.6 Å². The van der Waals surface area contributed by atoms with Crippen LogP contribution in [0.15, 0.2) is 76.8 Å². The number of carbonyl (C=O) groups excluding carboxylic acids is 2. The summed E-state index contributed by atoms with van der Waals surface area (Å²) in [6, 6.07) is 16.3. The molecule has 144 valence electrons. The fourth-order valence-corrected chi connectivity index (χ4v) is 3.93. The Morgan fingerprint density at radius 3 is 2.83 bits per heavy atom. The molecule has 1 aliphatic heterocycles. The van der Waals surface area contributed by atoms with E-state index in [2.05, 4.69) is 15.6 Å². The minimum atomic E-state index is -0.227. The number of amides is 2. The summed E-state index contributed by atoms with van der Waals surface area (Å²) in [6.45, 7) is 0.385. The number of pyridine rings is 1. The van der Waals surface area contributed by atoms with Crippen molar-refractivity contribution in [1.29, 1.82) is 0 Å². The molecule has 0 aliphatic carbocycles. The van der Waals surface area contributed by atoms with Crippen LogP contribution in [0.4, 0.5) is 5.69 Å². The number of nitrogens with zero attached hydrogens (tertiary/aromatic N) is 1. The van der Waals surface area contributed by atoms with E-state index in [1.54, 1.807) is 36.7 Å². The third kappa shape index (κ3) is 4.50. The van der Waals surface area contributed by atoms with E-state index in [9.17, 15) is 9.59 Å². The number of fused-ring (bicyclic) bond motifs is 1. The maximum atomic E-state index is 12.5. The van der Waals surface area contributed by atoms with Crippen LogP contribution in [-0.4, -0.2) is 16.8 Å². The minimum Gasteiger partial charge on any atom is -0.348 e. The summed E-state index contributed by atoms with van der Waals surface area (Å²) < 4.78 is 0. The molecule has 2 amide bonds. The molecule has 0 radical (unpaired) electrons. The number of hydrogen-bond acceptors (Lipinski definition) is 4. The SMILES string of the molecule is O=C1Nc2cc(C(=O)NCc3cccnc3)ccc2S/C1=C/c1ccccc1Cl. The highest BCUT2D eigenvalue weighted by Crippen LogP contribution is 2.39. The van der Waals surface area contributed by atoms with Gasteiger partial charge in [0.05, 0.1) is 10.6 Å². The third-order valence-corrected chi connectivity index (χ3v) is 5.74. The van der Waals surface area contributed by atoms with Gasteiger partial charge < -0.3 is 10.6 Å². The van der Waals surface area contributed by atoms with Crippen LogP contribution in [0.1, 0.15) is 21.5 Å². The summed E-state index contributed by atoms with van der Waals surface area (Å²) in [6.07, 6.45) is 5.15. The lowest BCUT2D eigenvalue weighted by atomic mass is 10.1. The first-order valence-corrected chi connectivity index (χ1v) is 10.1. The number of nitrogens with one attached hydrogen (secondary N) is 2. The van der Waals surface area contributed by atoms with Gasteiger partial charge in [-0.05, 0) is 47.5 Å². The van der Waals surface area contributed by atoms with Gasteiger partial charge in [0.25, 0.3) is 11.8 Å². The molecule has 4 rings (SSSR count). The highest BCUT2D eigenvalue weighted by atomic mass is 35.5. The number of rotatable bonds is 4. The zero-order chi connectivity index (χ0) is 20.2. The molecule has 0 bridgehead atoms. The van der Waals surface area contributed by atoms with Crippen molar-refractivity contribution in [1.82, 2.24) is 10.3 Å². The van der Waals surface area contributed by atoms with Crippen LogP contribution in [0, 0.1) is 0 Å². The molecule has 1 aromatic heterocycles. The monoisotopic (exact) mass is 421 g/mol. The minimum absolute atomic E-state index is 0.215. The molecular weight excluding hydrogens is 406 g/mol. The van der Waals surface area contributed by atoms with Gasteiger partial charge in [-0.3, -0.25) is 14.6 Å². The molecule has 0 unspecified atom stereocenters. The maximum absolute atomic E-state index is 12.5. The highest BCUT2D eigenvalue weighted by molar-refractivity contribution is 8.04. The number of halogens is 1. The first-order chi connectivity index (χ1) is 14.1. The smallest absolute Gasteiger partial charge is 0.262 e. The molecule has 0 saturated carbocycles. The van der Waals surface area contributed by atoms with Gasteiger partial charge in [0.2, 0.25) is 0 Å². The second-order valence-corrected chi connectivity index (χ2v) is 7.83. The number of anilines is 1. The summed E-state index contributed by atoms with van der Waals surface area (Å²) >= 11 is 7.54. The molecular formula is C22H16ClN3O2S. The van der Waals surface area contributed by atoms with Gasteiger partial charge in [-0.15, -0.1) is 0 Å². The fraction of sp³-hybridized carbons (Fsp3) is 0.0455. The average Bonchev–Trinajstić information content (AvgIpc) is 2.74. The Hall–Kier alpha value is -3.09. The lowest BCUT2D eigenvalue weighted by molar-refractivity contribution is -0.112. The van der Waals surface area contributed by atoms with Crippen LogP contribution in [0.3, 0.4) is 0 Å². The van der Waals surface area contributed by atoms with Crippen molar-refractivity contribution in [3.63, 3.8) is 0 Å². The van der Waals surface area contributed by atoms with Crippen LogP contribution in [0.5, 0.6) is 0 Å². The Morgan fingerprint density at radius 2 is 2.03 bits per heavy atom. The van der Waals surface area contributed by atoms with Crippen molar-refractivity contribution in [3.05, 3.63) is 93.6 Å². The van der Waals surface area contributed by atoms with Crippen LogP contribution in [0.2, 0.25) is 5.02 Å². The Balaban J connectivity index is 1.50. The van der Waals surface area contributed by atoms with E-state index in [1.807, 2.05) is 36.4 Å². The first kappa shape index (κ1) is 19.2. The van der Waals surface area contributed by atoms with E-state index in [1.165, 1.54) is 11.8 Å². The lowest BCUT2D eigenvalue weighted by Crippen LogP contribution is -2.24. The predicted molar refractivity (Wildman–Crippen MR) is 116 cm³/mol. The van der Waals surface area contributed by atoms with Gasteiger partial charge in [0, 0.05) is 34.4 Å². The van der Waals surface area contributed by atoms with Crippen molar-refractivity contribution in [3.8, 4) is 0 Å². The zero-order valence-electron chi connectivity index (χ0n) is 15.2. The number of aromatic nitrogens is 1. The molecule has 7 heteroatoms. The summed E-state index contributed by atoms with van der Waals surface area (Å²) in [5, 5.41) is 6.30. The maximum Gasteiger partial charge on any atom is 0.262 e. The largest absolute Gasteiger partial charge is 0.348 e. The molecule has 5 nitrogen and oxygen atoms in total. The number of benzene rings is 2. The number of carbonyl (C=O) groups is 2. The van der Waals surface area contributed by atoms with Gasteiger partial charge in [0.15, 0.2) is 0 Å². The van der Waals surface area contributed by atoms with Crippen LogP contribution in [-0.2, 0) is 11.3 Å². The van der Waals surface area contributed by atoms with E-state index in [0.29, 0.717) is 27.7 Å². The lowest BCUT2D eigenvalue weighted by Gasteiger charge is -2.19. The summed E-state index contributed by atoms with van der Waals surface area (Å²) in [5.41, 5.74) is 2.79. The topological polar surface area (TPSA) is 71.1 Å². The van der Waals surface area contributed by atoms with Crippen LogP contribution >= 0.6 is 23.4 Å². The molecule has 0 spiro atoms.